The van der Waals surface area contributed by atoms with Gasteiger partial charge in [0.2, 0.25) is 11.8 Å². The summed E-state index contributed by atoms with van der Waals surface area (Å²) in [7, 11) is 0. The maximum absolute atomic E-state index is 12.5. The van der Waals surface area contributed by atoms with Gasteiger partial charge in [0, 0.05) is 30.8 Å². The van der Waals surface area contributed by atoms with Crippen molar-refractivity contribution in [2.24, 2.45) is 0 Å². The van der Waals surface area contributed by atoms with Gasteiger partial charge in [-0.1, -0.05) is 48.0 Å². The molecular weight excluding hydrogens is 336 g/mol. The number of pyridine rings is 1. The van der Waals surface area contributed by atoms with Crippen LogP contribution in [0.15, 0.2) is 60.7 Å². The van der Waals surface area contributed by atoms with Crippen molar-refractivity contribution in [2.75, 3.05) is 13.1 Å². The van der Waals surface area contributed by atoms with Crippen molar-refractivity contribution in [3.63, 3.8) is 0 Å². The molecular formula is C23H24N2O2. The van der Waals surface area contributed by atoms with Gasteiger partial charge >= 0.3 is 0 Å². The third kappa shape index (κ3) is 4.27. The van der Waals surface area contributed by atoms with Gasteiger partial charge in [0.05, 0.1) is 12.1 Å². The predicted octanol–water partition coefficient (Wildman–Crippen LogP) is 4.16. The normalized spacial score (nSPS) is 16.6. The zero-order chi connectivity index (χ0) is 18.6. The second kappa shape index (κ2) is 7.78. The molecule has 1 aliphatic rings. The lowest BCUT2D eigenvalue weighted by Crippen LogP contribution is -2.31. The number of amides is 1. The minimum absolute atomic E-state index is 0.0154. The number of nitrogens with zero attached hydrogens (tertiary/aromatic N) is 2. The first kappa shape index (κ1) is 17.5. The molecule has 1 saturated heterocycles. The van der Waals surface area contributed by atoms with Crippen LogP contribution in [0.3, 0.4) is 0 Å². The van der Waals surface area contributed by atoms with E-state index in [4.69, 9.17) is 4.74 Å². The minimum Gasteiger partial charge on any atom is -0.472 e. The van der Waals surface area contributed by atoms with Crippen molar-refractivity contribution >= 4 is 16.8 Å². The van der Waals surface area contributed by atoms with Crippen molar-refractivity contribution in [3.8, 4) is 5.88 Å². The van der Waals surface area contributed by atoms with Crippen LogP contribution in [-0.2, 0) is 11.2 Å². The largest absolute Gasteiger partial charge is 0.472 e. The molecule has 1 aromatic heterocycles. The Kier molecular flexibility index (Phi) is 5.05. The van der Waals surface area contributed by atoms with Gasteiger partial charge in [-0.15, -0.1) is 0 Å². The van der Waals surface area contributed by atoms with E-state index in [2.05, 4.69) is 30.1 Å². The molecule has 0 bridgehead atoms. The van der Waals surface area contributed by atoms with Crippen LogP contribution in [-0.4, -0.2) is 35.0 Å². The molecule has 0 saturated carbocycles. The Morgan fingerprint density at radius 1 is 1.15 bits per heavy atom. The first-order valence-corrected chi connectivity index (χ1v) is 9.53. The van der Waals surface area contributed by atoms with Crippen LogP contribution < -0.4 is 4.74 Å². The molecule has 3 aromatic rings. The van der Waals surface area contributed by atoms with E-state index in [0.29, 0.717) is 18.8 Å². The van der Waals surface area contributed by atoms with E-state index in [1.807, 2.05) is 47.4 Å². The molecule has 0 radical (unpaired) electrons. The molecule has 4 heteroatoms. The van der Waals surface area contributed by atoms with Crippen molar-refractivity contribution in [3.05, 3.63) is 71.8 Å². The van der Waals surface area contributed by atoms with Gasteiger partial charge in [0.15, 0.2) is 0 Å². The predicted molar refractivity (Wildman–Crippen MR) is 107 cm³/mol. The lowest BCUT2D eigenvalue weighted by atomic mass is 10.1. The highest BCUT2D eigenvalue weighted by Crippen LogP contribution is 2.21. The Labute approximate surface area is 159 Å². The Morgan fingerprint density at radius 3 is 2.93 bits per heavy atom. The Bertz CT molecular complexity index is 954. The second-order valence-electron chi connectivity index (χ2n) is 7.20. The van der Waals surface area contributed by atoms with Crippen LogP contribution in [0, 0.1) is 6.92 Å². The molecule has 1 unspecified atom stereocenters. The number of carbonyl (C=O) groups is 1. The maximum atomic E-state index is 12.5. The molecule has 1 atom stereocenters. The highest BCUT2D eigenvalue weighted by atomic mass is 16.5. The molecule has 4 rings (SSSR count). The number of ether oxygens (including phenoxy) is 1. The average molecular weight is 360 g/mol. The quantitative estimate of drug-likeness (QED) is 0.686. The summed E-state index contributed by atoms with van der Waals surface area (Å²) < 4.78 is 6.04. The van der Waals surface area contributed by atoms with Gasteiger partial charge in [-0.05, 0) is 31.0 Å². The van der Waals surface area contributed by atoms with Crippen LogP contribution >= 0.6 is 0 Å². The monoisotopic (exact) mass is 360 g/mol. The number of likely N-dealkylation sites (tertiary alicyclic amines) is 1. The van der Waals surface area contributed by atoms with Crippen LogP contribution in [0.1, 0.15) is 24.0 Å². The second-order valence-corrected chi connectivity index (χ2v) is 7.20. The number of aromatic nitrogens is 1. The molecule has 27 heavy (non-hydrogen) atoms. The number of aryl methyl sites for hydroxylation is 2. The zero-order valence-electron chi connectivity index (χ0n) is 15.6. The van der Waals surface area contributed by atoms with Crippen molar-refractivity contribution in [2.45, 2.75) is 32.3 Å². The smallest absolute Gasteiger partial charge is 0.223 e. The molecule has 0 N–H and O–H groups in total. The molecule has 1 fully saturated rings. The summed E-state index contributed by atoms with van der Waals surface area (Å²) in [5.41, 5.74) is 3.38. The van der Waals surface area contributed by atoms with Crippen molar-refractivity contribution in [1.29, 1.82) is 0 Å². The number of para-hydroxylation sites is 1. The lowest BCUT2D eigenvalue weighted by molar-refractivity contribution is -0.130. The number of hydrogen-bond acceptors (Lipinski definition) is 3. The minimum atomic E-state index is 0.0154. The molecule has 138 valence electrons. The Morgan fingerprint density at radius 2 is 2.04 bits per heavy atom. The Hall–Kier alpha value is -2.88. The fourth-order valence-corrected chi connectivity index (χ4v) is 3.61. The maximum Gasteiger partial charge on any atom is 0.223 e. The van der Waals surface area contributed by atoms with E-state index < -0.39 is 0 Å². The SMILES string of the molecule is Cc1cccc(CCC(=O)N2CCC(Oc3ccc4ccccc4n3)C2)c1. The lowest BCUT2D eigenvalue weighted by Gasteiger charge is -2.17. The summed E-state index contributed by atoms with van der Waals surface area (Å²) in [5, 5.41) is 1.10. The molecule has 1 aliphatic heterocycles. The van der Waals surface area contributed by atoms with Gasteiger partial charge in [-0.25, -0.2) is 4.98 Å². The van der Waals surface area contributed by atoms with Gasteiger partial charge in [0.1, 0.15) is 6.10 Å². The average Bonchev–Trinajstić information content (AvgIpc) is 3.15. The fraction of sp³-hybridized carbons (Fsp3) is 0.304. The van der Waals surface area contributed by atoms with E-state index in [-0.39, 0.29) is 12.0 Å². The number of carbonyl (C=O) groups excluding carboxylic acids is 1. The van der Waals surface area contributed by atoms with Gasteiger partial charge < -0.3 is 9.64 Å². The third-order valence-corrected chi connectivity index (χ3v) is 5.07. The van der Waals surface area contributed by atoms with E-state index >= 15 is 0 Å². The molecule has 2 aromatic carbocycles. The zero-order valence-corrected chi connectivity index (χ0v) is 15.6. The first-order valence-electron chi connectivity index (χ1n) is 9.53. The van der Waals surface area contributed by atoms with E-state index in [9.17, 15) is 4.79 Å². The number of benzene rings is 2. The van der Waals surface area contributed by atoms with E-state index in [0.717, 1.165) is 30.3 Å². The summed E-state index contributed by atoms with van der Waals surface area (Å²) in [6.45, 7) is 3.47. The highest BCUT2D eigenvalue weighted by Gasteiger charge is 2.27. The molecule has 0 spiro atoms. The Balaban J connectivity index is 1.31. The summed E-state index contributed by atoms with van der Waals surface area (Å²) in [6, 6.07) is 20.3. The molecule has 1 amide bonds. The van der Waals surface area contributed by atoms with Gasteiger partial charge in [0.25, 0.3) is 0 Å². The van der Waals surface area contributed by atoms with Crippen LogP contribution in [0.5, 0.6) is 5.88 Å². The summed E-state index contributed by atoms with van der Waals surface area (Å²) in [4.78, 5) is 19.0. The van der Waals surface area contributed by atoms with Crippen LogP contribution in [0.2, 0.25) is 0 Å². The van der Waals surface area contributed by atoms with E-state index in [1.54, 1.807) is 0 Å². The number of fused-ring (bicyclic) bond motifs is 1. The molecule has 4 nitrogen and oxygen atoms in total. The number of hydrogen-bond donors (Lipinski definition) is 0. The first-order chi connectivity index (χ1) is 13.2. The highest BCUT2D eigenvalue weighted by molar-refractivity contribution is 5.79. The van der Waals surface area contributed by atoms with Crippen molar-refractivity contribution in [1.82, 2.24) is 9.88 Å². The van der Waals surface area contributed by atoms with Gasteiger partial charge in [-0.3, -0.25) is 4.79 Å². The third-order valence-electron chi connectivity index (χ3n) is 5.07. The molecule has 0 aliphatic carbocycles. The van der Waals surface area contributed by atoms with Crippen LogP contribution in [0.4, 0.5) is 0 Å². The van der Waals surface area contributed by atoms with Crippen LogP contribution in [0.25, 0.3) is 10.9 Å². The van der Waals surface area contributed by atoms with Crippen molar-refractivity contribution < 1.29 is 9.53 Å². The molecule has 2 heterocycles. The summed E-state index contributed by atoms with van der Waals surface area (Å²) in [6.07, 6.45) is 2.20. The van der Waals surface area contributed by atoms with Gasteiger partial charge in [-0.2, -0.15) is 0 Å². The van der Waals surface area contributed by atoms with E-state index in [1.165, 1.54) is 11.1 Å². The number of rotatable bonds is 5. The summed E-state index contributed by atoms with van der Waals surface area (Å²) in [5.74, 6) is 0.835. The summed E-state index contributed by atoms with van der Waals surface area (Å²) >= 11 is 0. The topological polar surface area (TPSA) is 42.4 Å². The fourth-order valence-electron chi connectivity index (χ4n) is 3.61. The standard InChI is InChI=1S/C23H24N2O2/c1-17-5-4-6-18(15-17)9-12-23(26)25-14-13-20(16-25)27-22-11-10-19-7-2-3-8-21(19)24-22/h2-8,10-11,15,20H,9,12-14,16H2,1H3.